The molecule has 4 rings (SSSR count). The van der Waals surface area contributed by atoms with E-state index in [4.69, 9.17) is 0 Å². The third-order valence-electron chi connectivity index (χ3n) is 5.23. The van der Waals surface area contributed by atoms with Gasteiger partial charge in [0.1, 0.15) is 16.3 Å². The Balaban J connectivity index is 1.52. The molecule has 1 N–H and O–H groups in total. The van der Waals surface area contributed by atoms with Crippen molar-refractivity contribution in [2.45, 2.75) is 32.0 Å². The summed E-state index contributed by atoms with van der Waals surface area (Å²) in [6.07, 6.45) is -2.92. The largest absolute Gasteiger partial charge is 0.433 e. The van der Waals surface area contributed by atoms with Crippen LogP contribution in [0.5, 0.6) is 0 Å². The minimum atomic E-state index is -4.53. The number of rotatable bonds is 3. The van der Waals surface area contributed by atoms with Crippen LogP contribution in [-0.4, -0.2) is 30.0 Å². The van der Waals surface area contributed by atoms with Gasteiger partial charge in [0.05, 0.1) is 4.88 Å². The molecular formula is C21H19F4N3OS. The Morgan fingerprint density at radius 2 is 2.07 bits per heavy atom. The second-order valence-corrected chi connectivity index (χ2v) is 8.34. The summed E-state index contributed by atoms with van der Waals surface area (Å²) in [4.78, 5) is 19.1. The number of aryl methyl sites for hydroxylation is 1. The molecule has 1 amide bonds. The van der Waals surface area contributed by atoms with E-state index in [0.29, 0.717) is 22.4 Å². The summed E-state index contributed by atoms with van der Waals surface area (Å²) in [5, 5.41) is 3.53. The predicted molar refractivity (Wildman–Crippen MR) is 108 cm³/mol. The number of hydrogen-bond acceptors (Lipinski definition) is 4. The van der Waals surface area contributed by atoms with Crippen LogP contribution in [0.4, 0.5) is 23.2 Å². The molecule has 1 unspecified atom stereocenters. The third-order valence-corrected chi connectivity index (χ3v) is 6.43. The normalized spacial score (nSPS) is 17.4. The van der Waals surface area contributed by atoms with Gasteiger partial charge in [-0.2, -0.15) is 13.2 Å². The molecule has 3 aromatic rings. The number of anilines is 1. The molecule has 0 aliphatic carbocycles. The number of aromatic nitrogens is 1. The van der Waals surface area contributed by atoms with Gasteiger partial charge < -0.3 is 10.2 Å². The van der Waals surface area contributed by atoms with Gasteiger partial charge >= 0.3 is 6.18 Å². The van der Waals surface area contributed by atoms with Gasteiger partial charge in [-0.15, -0.1) is 11.3 Å². The Labute approximate surface area is 174 Å². The fourth-order valence-corrected chi connectivity index (χ4v) is 4.81. The number of nitrogens with one attached hydrogen (secondary N) is 1. The van der Waals surface area contributed by atoms with E-state index in [0.717, 1.165) is 42.5 Å². The number of pyridine rings is 1. The average molecular weight is 437 g/mol. The quantitative estimate of drug-likeness (QED) is 0.576. The third kappa shape index (κ3) is 4.12. The number of nitrogens with zero attached hydrogens (tertiary/aromatic N) is 2. The van der Waals surface area contributed by atoms with Crippen LogP contribution in [0, 0.1) is 12.7 Å². The lowest BCUT2D eigenvalue weighted by Crippen LogP contribution is -2.47. The van der Waals surface area contributed by atoms with Crippen molar-refractivity contribution in [3.05, 3.63) is 58.3 Å². The molecule has 2 aromatic heterocycles. The number of hydrogen-bond donors (Lipinski definition) is 1. The zero-order valence-corrected chi connectivity index (χ0v) is 16.9. The van der Waals surface area contributed by atoms with Gasteiger partial charge in [0.25, 0.3) is 5.91 Å². The zero-order valence-electron chi connectivity index (χ0n) is 16.1. The molecule has 4 nitrogen and oxygen atoms in total. The number of piperidine rings is 1. The summed E-state index contributed by atoms with van der Waals surface area (Å²) in [6.45, 7) is 3.01. The first kappa shape index (κ1) is 20.6. The molecule has 1 aliphatic rings. The molecule has 158 valence electrons. The first-order chi connectivity index (χ1) is 14.2. The van der Waals surface area contributed by atoms with Crippen molar-refractivity contribution < 1.29 is 22.4 Å². The van der Waals surface area contributed by atoms with Gasteiger partial charge in [-0.3, -0.25) is 4.79 Å². The van der Waals surface area contributed by atoms with Crippen molar-refractivity contribution >= 4 is 33.1 Å². The second kappa shape index (κ2) is 7.86. The van der Waals surface area contributed by atoms with E-state index in [1.807, 2.05) is 11.0 Å². The summed E-state index contributed by atoms with van der Waals surface area (Å²) in [5.74, 6) is -0.638. The van der Waals surface area contributed by atoms with Crippen molar-refractivity contribution in [2.24, 2.45) is 0 Å². The fraction of sp³-hybridized carbons (Fsp3) is 0.333. The van der Waals surface area contributed by atoms with E-state index in [9.17, 15) is 22.4 Å². The summed E-state index contributed by atoms with van der Waals surface area (Å²) in [7, 11) is 0. The molecule has 0 saturated carbocycles. The average Bonchev–Trinajstić information content (AvgIpc) is 3.04. The smallest absolute Gasteiger partial charge is 0.369 e. The number of thiophene rings is 1. The Morgan fingerprint density at radius 3 is 2.80 bits per heavy atom. The molecule has 1 atom stereocenters. The first-order valence-electron chi connectivity index (χ1n) is 9.51. The number of fused-ring (bicyclic) bond motifs is 1. The van der Waals surface area contributed by atoms with E-state index in [2.05, 4.69) is 10.3 Å². The predicted octanol–water partition coefficient (Wildman–Crippen LogP) is 5.16. The number of benzene rings is 1. The van der Waals surface area contributed by atoms with Gasteiger partial charge in [0.2, 0.25) is 0 Å². The van der Waals surface area contributed by atoms with Crippen molar-refractivity contribution in [2.75, 3.05) is 18.0 Å². The molecule has 0 bridgehead atoms. The number of amides is 1. The van der Waals surface area contributed by atoms with Crippen LogP contribution in [0.2, 0.25) is 0 Å². The highest BCUT2D eigenvalue weighted by Gasteiger charge is 2.33. The highest BCUT2D eigenvalue weighted by molar-refractivity contribution is 7.20. The molecule has 30 heavy (non-hydrogen) atoms. The highest BCUT2D eigenvalue weighted by Crippen LogP contribution is 2.34. The SMILES string of the molecule is Cc1c(C(=O)NC2CCCN(c3cccc(F)c3)C2)sc2nc(C(F)(F)F)ccc12. The Morgan fingerprint density at radius 1 is 1.27 bits per heavy atom. The zero-order chi connectivity index (χ0) is 21.5. The van der Waals surface area contributed by atoms with Gasteiger partial charge in [-0.05, 0) is 55.7 Å². The monoisotopic (exact) mass is 437 g/mol. The standard InChI is InChI=1S/C21H19F4N3OS/c1-12-16-7-8-17(21(23,24)25)27-20(16)30-18(12)19(29)26-14-5-3-9-28(11-14)15-6-2-4-13(22)10-15/h2,4,6-8,10,14H,3,5,9,11H2,1H3,(H,26,29). The Bertz CT molecular complexity index is 1100. The molecule has 1 fully saturated rings. The van der Waals surface area contributed by atoms with Crippen molar-refractivity contribution in [3.8, 4) is 0 Å². The van der Waals surface area contributed by atoms with Crippen LogP contribution in [0.1, 0.15) is 33.8 Å². The van der Waals surface area contributed by atoms with Gasteiger partial charge in [-0.1, -0.05) is 6.07 Å². The summed E-state index contributed by atoms with van der Waals surface area (Å²) in [6, 6.07) is 8.47. The van der Waals surface area contributed by atoms with Crippen molar-refractivity contribution in [1.82, 2.24) is 10.3 Å². The van der Waals surface area contributed by atoms with Crippen LogP contribution >= 0.6 is 11.3 Å². The van der Waals surface area contributed by atoms with Crippen molar-refractivity contribution in [3.63, 3.8) is 0 Å². The van der Waals surface area contributed by atoms with Crippen LogP contribution in [-0.2, 0) is 6.18 Å². The minimum Gasteiger partial charge on any atom is -0.369 e. The van der Waals surface area contributed by atoms with E-state index >= 15 is 0 Å². The molecule has 9 heteroatoms. The number of halogens is 4. The van der Waals surface area contributed by atoms with Crippen molar-refractivity contribution in [1.29, 1.82) is 0 Å². The van der Waals surface area contributed by atoms with Gasteiger partial charge in [-0.25, -0.2) is 9.37 Å². The molecule has 1 aliphatic heterocycles. The first-order valence-corrected chi connectivity index (χ1v) is 10.3. The maximum Gasteiger partial charge on any atom is 0.433 e. The van der Waals surface area contributed by atoms with E-state index in [1.54, 1.807) is 13.0 Å². The van der Waals surface area contributed by atoms with Gasteiger partial charge in [0.15, 0.2) is 0 Å². The number of carbonyl (C=O) groups is 1. The fourth-order valence-electron chi connectivity index (χ4n) is 3.73. The summed E-state index contributed by atoms with van der Waals surface area (Å²) >= 11 is 0.964. The van der Waals surface area contributed by atoms with E-state index in [1.165, 1.54) is 18.2 Å². The summed E-state index contributed by atoms with van der Waals surface area (Å²) < 4.78 is 52.3. The van der Waals surface area contributed by atoms with Gasteiger partial charge in [0, 0.05) is 30.2 Å². The molecule has 1 aromatic carbocycles. The molecule has 1 saturated heterocycles. The maximum absolute atomic E-state index is 13.5. The molecule has 0 radical (unpaired) electrons. The second-order valence-electron chi connectivity index (χ2n) is 7.34. The minimum absolute atomic E-state index is 0.141. The Hall–Kier alpha value is -2.68. The van der Waals surface area contributed by atoms with Crippen LogP contribution in [0.25, 0.3) is 10.2 Å². The van der Waals surface area contributed by atoms with E-state index in [-0.39, 0.29) is 22.6 Å². The van der Waals surface area contributed by atoms with E-state index < -0.39 is 11.9 Å². The number of alkyl halides is 3. The molecule has 3 heterocycles. The lowest BCUT2D eigenvalue weighted by Gasteiger charge is -2.34. The molecular weight excluding hydrogens is 418 g/mol. The topological polar surface area (TPSA) is 45.2 Å². The lowest BCUT2D eigenvalue weighted by atomic mass is 10.0. The van der Waals surface area contributed by atoms with Crippen LogP contribution in [0.15, 0.2) is 36.4 Å². The lowest BCUT2D eigenvalue weighted by molar-refractivity contribution is -0.140. The number of carbonyl (C=O) groups excluding carboxylic acids is 1. The highest BCUT2D eigenvalue weighted by atomic mass is 32.1. The maximum atomic E-state index is 13.5. The Kier molecular flexibility index (Phi) is 5.40. The van der Waals surface area contributed by atoms with Crippen LogP contribution < -0.4 is 10.2 Å². The van der Waals surface area contributed by atoms with Crippen LogP contribution in [0.3, 0.4) is 0 Å². The summed E-state index contributed by atoms with van der Waals surface area (Å²) in [5.41, 5.74) is 0.406. The molecule has 0 spiro atoms.